The molecule has 0 spiro atoms. The number of ether oxygens (including phenoxy) is 1. The highest BCUT2D eigenvalue weighted by Crippen LogP contribution is 2.31. The van der Waals surface area contributed by atoms with E-state index in [0.717, 1.165) is 23.3 Å². The molecule has 0 bridgehead atoms. The van der Waals surface area contributed by atoms with Gasteiger partial charge in [0.2, 0.25) is 0 Å². The predicted molar refractivity (Wildman–Crippen MR) is 119 cm³/mol. The van der Waals surface area contributed by atoms with Gasteiger partial charge in [0.25, 0.3) is 5.91 Å². The first kappa shape index (κ1) is 20.2. The van der Waals surface area contributed by atoms with E-state index < -0.39 is 0 Å². The summed E-state index contributed by atoms with van der Waals surface area (Å²) in [6.45, 7) is 0.616. The van der Waals surface area contributed by atoms with Crippen molar-refractivity contribution in [3.05, 3.63) is 101 Å². The Kier molecular flexibility index (Phi) is 6.50. The maximum atomic E-state index is 12.6. The Morgan fingerprint density at radius 3 is 2.50 bits per heavy atom. The Bertz CT molecular complexity index is 1020. The first-order chi connectivity index (χ1) is 14.7. The van der Waals surface area contributed by atoms with Crippen molar-refractivity contribution in [2.75, 3.05) is 12.3 Å². The number of amides is 1. The minimum absolute atomic E-state index is 0.113. The number of nitrogens with one attached hydrogen (secondary N) is 1. The van der Waals surface area contributed by atoms with Gasteiger partial charge in [0.15, 0.2) is 0 Å². The first-order valence-corrected chi connectivity index (χ1v) is 11.0. The van der Waals surface area contributed by atoms with Crippen LogP contribution < -0.4 is 5.32 Å². The Morgan fingerprint density at radius 2 is 1.73 bits per heavy atom. The van der Waals surface area contributed by atoms with Crippen molar-refractivity contribution in [3.63, 3.8) is 0 Å². The van der Waals surface area contributed by atoms with Gasteiger partial charge in [-0.25, -0.2) is 4.79 Å². The van der Waals surface area contributed by atoms with Gasteiger partial charge in [-0.1, -0.05) is 48.5 Å². The molecule has 3 aromatic carbocycles. The number of cyclic esters (lactones) is 1. The van der Waals surface area contributed by atoms with E-state index >= 15 is 0 Å². The van der Waals surface area contributed by atoms with Gasteiger partial charge in [0.1, 0.15) is 6.10 Å². The van der Waals surface area contributed by atoms with Crippen molar-refractivity contribution in [2.45, 2.75) is 23.8 Å². The molecule has 5 heteroatoms. The van der Waals surface area contributed by atoms with E-state index in [4.69, 9.17) is 4.74 Å². The number of benzene rings is 3. The van der Waals surface area contributed by atoms with Crippen LogP contribution in [0.25, 0.3) is 0 Å². The summed E-state index contributed by atoms with van der Waals surface area (Å²) in [7, 11) is 0. The molecule has 3 aromatic rings. The fourth-order valence-electron chi connectivity index (χ4n) is 3.47. The lowest BCUT2D eigenvalue weighted by molar-refractivity contribution is 0.0252. The molecule has 0 saturated carbocycles. The van der Waals surface area contributed by atoms with Gasteiger partial charge in [-0.2, -0.15) is 0 Å². The van der Waals surface area contributed by atoms with Crippen LogP contribution >= 0.6 is 11.8 Å². The molecule has 4 nitrogen and oxygen atoms in total. The summed E-state index contributed by atoms with van der Waals surface area (Å²) < 4.78 is 5.59. The van der Waals surface area contributed by atoms with Gasteiger partial charge >= 0.3 is 5.97 Å². The maximum Gasteiger partial charge on any atom is 0.339 e. The minimum atomic E-state index is -0.338. The molecule has 1 unspecified atom stereocenters. The van der Waals surface area contributed by atoms with E-state index in [2.05, 4.69) is 17.4 Å². The second-order valence-electron chi connectivity index (χ2n) is 7.15. The minimum Gasteiger partial charge on any atom is -0.454 e. The number of carbonyl (C=O) groups excluding carboxylic acids is 2. The van der Waals surface area contributed by atoms with Crippen molar-refractivity contribution in [3.8, 4) is 0 Å². The van der Waals surface area contributed by atoms with Crippen molar-refractivity contribution in [1.82, 2.24) is 5.32 Å². The zero-order valence-electron chi connectivity index (χ0n) is 16.5. The molecule has 1 atom stereocenters. The fraction of sp³-hybridized carbons (Fsp3) is 0.200. The van der Waals surface area contributed by atoms with Crippen LogP contribution in [0.3, 0.4) is 0 Å². The zero-order valence-corrected chi connectivity index (χ0v) is 17.4. The van der Waals surface area contributed by atoms with Gasteiger partial charge in [0.05, 0.1) is 5.56 Å². The molecule has 0 saturated heterocycles. The molecule has 30 heavy (non-hydrogen) atoms. The maximum absolute atomic E-state index is 12.6. The van der Waals surface area contributed by atoms with Crippen molar-refractivity contribution in [1.29, 1.82) is 0 Å². The summed E-state index contributed by atoms with van der Waals surface area (Å²) in [5.74, 6) is 0.492. The summed E-state index contributed by atoms with van der Waals surface area (Å²) in [5.41, 5.74) is 2.93. The van der Waals surface area contributed by atoms with Gasteiger partial charge in [-0.15, -0.1) is 11.8 Å². The third kappa shape index (κ3) is 4.92. The zero-order chi connectivity index (χ0) is 20.8. The molecule has 1 heterocycles. The van der Waals surface area contributed by atoms with Crippen molar-refractivity contribution in [2.24, 2.45) is 0 Å². The number of carbonyl (C=O) groups is 2. The summed E-state index contributed by atoms with van der Waals surface area (Å²) in [6, 6.07) is 25.1. The van der Waals surface area contributed by atoms with E-state index in [-0.39, 0.29) is 18.0 Å². The molecular formula is C25H23NO3S. The molecule has 0 aromatic heterocycles. The standard InChI is InChI=1S/C25H23NO3S/c27-24(26-14-7-15-30-21-10-5-2-6-11-21)19-12-13-22-20(16-19)17-23(29-25(22)28)18-8-3-1-4-9-18/h1-6,8-13,16,23H,7,14-15,17H2,(H,26,27). The van der Waals surface area contributed by atoms with Crippen LogP contribution in [-0.4, -0.2) is 24.2 Å². The van der Waals surface area contributed by atoms with Crippen LogP contribution in [-0.2, 0) is 11.2 Å². The van der Waals surface area contributed by atoms with Crippen LogP contribution in [0.2, 0.25) is 0 Å². The number of rotatable bonds is 7. The monoisotopic (exact) mass is 417 g/mol. The molecule has 1 N–H and O–H groups in total. The lowest BCUT2D eigenvalue weighted by Gasteiger charge is -2.25. The third-order valence-electron chi connectivity index (χ3n) is 5.03. The van der Waals surface area contributed by atoms with Crippen LogP contribution in [0.5, 0.6) is 0 Å². The molecule has 1 aliphatic heterocycles. The smallest absolute Gasteiger partial charge is 0.339 e. The topological polar surface area (TPSA) is 55.4 Å². The molecule has 0 radical (unpaired) electrons. The van der Waals surface area contributed by atoms with E-state index in [1.54, 1.807) is 23.9 Å². The third-order valence-corrected chi connectivity index (χ3v) is 6.13. The summed E-state index contributed by atoms with van der Waals surface area (Å²) in [4.78, 5) is 26.2. The van der Waals surface area contributed by atoms with Gasteiger partial charge in [-0.05, 0) is 53.6 Å². The van der Waals surface area contributed by atoms with E-state index in [1.165, 1.54) is 4.90 Å². The SMILES string of the molecule is O=C(NCCCSc1ccccc1)c1ccc2c(c1)CC(c1ccccc1)OC2=O. The highest BCUT2D eigenvalue weighted by Gasteiger charge is 2.28. The predicted octanol–water partition coefficient (Wildman–Crippen LogP) is 5.05. The average molecular weight is 418 g/mol. The number of esters is 1. The molecular weight excluding hydrogens is 394 g/mol. The average Bonchev–Trinajstić information content (AvgIpc) is 2.79. The largest absolute Gasteiger partial charge is 0.454 e. The summed E-state index contributed by atoms with van der Waals surface area (Å²) >= 11 is 1.78. The van der Waals surface area contributed by atoms with Gasteiger partial charge < -0.3 is 10.1 Å². The molecule has 1 aliphatic rings. The second-order valence-corrected chi connectivity index (χ2v) is 8.32. The molecule has 152 valence electrons. The molecule has 0 aliphatic carbocycles. The Labute approximate surface area is 180 Å². The summed E-state index contributed by atoms with van der Waals surface area (Å²) in [6.07, 6.45) is 1.14. The lowest BCUT2D eigenvalue weighted by atomic mass is 9.93. The highest BCUT2D eigenvalue weighted by atomic mass is 32.2. The molecule has 0 fully saturated rings. The van der Waals surface area contributed by atoms with E-state index in [9.17, 15) is 9.59 Å². The van der Waals surface area contributed by atoms with Crippen LogP contribution in [0.1, 0.15) is 44.4 Å². The van der Waals surface area contributed by atoms with Crippen molar-refractivity contribution < 1.29 is 14.3 Å². The Balaban J connectivity index is 1.34. The Hall–Kier alpha value is -3.05. The number of fused-ring (bicyclic) bond motifs is 1. The van der Waals surface area contributed by atoms with Crippen LogP contribution in [0, 0.1) is 0 Å². The quantitative estimate of drug-likeness (QED) is 0.332. The summed E-state index contributed by atoms with van der Waals surface area (Å²) in [5, 5.41) is 2.98. The highest BCUT2D eigenvalue weighted by molar-refractivity contribution is 7.99. The number of hydrogen-bond acceptors (Lipinski definition) is 4. The van der Waals surface area contributed by atoms with E-state index in [0.29, 0.717) is 24.1 Å². The fourth-order valence-corrected chi connectivity index (χ4v) is 4.35. The number of thioether (sulfide) groups is 1. The van der Waals surface area contributed by atoms with E-state index in [1.807, 2.05) is 54.6 Å². The first-order valence-electron chi connectivity index (χ1n) is 10.1. The molecule has 4 rings (SSSR count). The number of hydrogen-bond donors (Lipinski definition) is 1. The van der Waals surface area contributed by atoms with Crippen LogP contribution in [0.15, 0.2) is 83.8 Å². The normalized spacial score (nSPS) is 15.2. The van der Waals surface area contributed by atoms with Gasteiger partial charge in [0, 0.05) is 23.4 Å². The van der Waals surface area contributed by atoms with Crippen molar-refractivity contribution >= 4 is 23.6 Å². The molecule has 1 amide bonds. The Morgan fingerprint density at radius 1 is 1.00 bits per heavy atom. The van der Waals surface area contributed by atoms with Gasteiger partial charge in [-0.3, -0.25) is 4.79 Å². The lowest BCUT2D eigenvalue weighted by Crippen LogP contribution is -2.26. The second kappa shape index (κ2) is 9.63. The van der Waals surface area contributed by atoms with Crippen LogP contribution in [0.4, 0.5) is 0 Å².